The van der Waals surface area contributed by atoms with Crippen molar-refractivity contribution in [3.63, 3.8) is 0 Å². The number of hydrogen-bond donors (Lipinski definition) is 2. The second-order valence-electron chi connectivity index (χ2n) is 3.33. The van der Waals surface area contributed by atoms with Crippen LogP contribution in [-0.4, -0.2) is 25.2 Å². The van der Waals surface area contributed by atoms with E-state index in [0.29, 0.717) is 18.7 Å². The third-order valence-corrected chi connectivity index (χ3v) is 3.59. The number of anilines is 1. The lowest BCUT2D eigenvalue weighted by Gasteiger charge is -2.08. The second kappa shape index (κ2) is 5.96. The zero-order valence-electron chi connectivity index (χ0n) is 8.69. The molecule has 0 spiro atoms. The first-order valence-corrected chi connectivity index (χ1v) is 7.08. The van der Waals surface area contributed by atoms with Crippen LogP contribution in [0.1, 0.15) is 12.8 Å². The largest absolute Gasteiger partial charge is 0.506 e. The highest BCUT2D eigenvalue weighted by Gasteiger charge is 2.11. The molecule has 6 heteroatoms. The van der Waals surface area contributed by atoms with Gasteiger partial charge in [-0.1, -0.05) is 12.1 Å². The summed E-state index contributed by atoms with van der Waals surface area (Å²) >= 11 is 5.46. The van der Waals surface area contributed by atoms with Gasteiger partial charge in [-0.15, -0.1) is 11.6 Å². The molecule has 0 aliphatic carbocycles. The molecular weight excluding hydrogens is 250 g/mol. The highest BCUT2D eigenvalue weighted by molar-refractivity contribution is 7.92. The lowest BCUT2D eigenvalue weighted by molar-refractivity contribution is 0.477. The maximum Gasteiger partial charge on any atom is 0.232 e. The normalized spacial score (nSPS) is 11.3. The molecule has 0 aliphatic rings. The monoisotopic (exact) mass is 263 g/mol. The second-order valence-corrected chi connectivity index (χ2v) is 5.55. The Morgan fingerprint density at radius 1 is 1.25 bits per heavy atom. The van der Waals surface area contributed by atoms with Gasteiger partial charge in [-0.25, -0.2) is 8.42 Å². The van der Waals surface area contributed by atoms with Gasteiger partial charge in [0.25, 0.3) is 0 Å². The van der Waals surface area contributed by atoms with Crippen molar-refractivity contribution >= 4 is 27.3 Å². The number of unbranched alkanes of at least 4 members (excludes halogenated alkanes) is 1. The molecule has 90 valence electrons. The standard InChI is InChI=1S/C10H14ClNO3S/c11-7-3-4-8-16(14,15)12-9-5-1-2-6-10(9)13/h1-2,5-6,12-13H,3-4,7-8H2. The number of nitrogens with one attached hydrogen (secondary N) is 1. The number of alkyl halides is 1. The van der Waals surface area contributed by atoms with Crippen molar-refractivity contribution in [3.05, 3.63) is 24.3 Å². The molecule has 0 atom stereocenters. The van der Waals surface area contributed by atoms with E-state index >= 15 is 0 Å². The summed E-state index contributed by atoms with van der Waals surface area (Å²) in [6.07, 6.45) is 1.16. The number of rotatable bonds is 6. The van der Waals surface area contributed by atoms with E-state index in [-0.39, 0.29) is 17.2 Å². The Balaban J connectivity index is 2.63. The molecule has 16 heavy (non-hydrogen) atoms. The van der Waals surface area contributed by atoms with Gasteiger partial charge in [-0.3, -0.25) is 4.72 Å². The molecule has 0 saturated carbocycles. The van der Waals surface area contributed by atoms with Crippen molar-refractivity contribution in [1.82, 2.24) is 0 Å². The van der Waals surface area contributed by atoms with Gasteiger partial charge < -0.3 is 5.11 Å². The van der Waals surface area contributed by atoms with Crippen LogP contribution in [0.25, 0.3) is 0 Å². The number of halogens is 1. The molecule has 0 unspecified atom stereocenters. The van der Waals surface area contributed by atoms with Crippen LogP contribution in [0.5, 0.6) is 5.75 Å². The molecule has 0 aliphatic heterocycles. The summed E-state index contributed by atoms with van der Waals surface area (Å²) in [6.45, 7) is 0. The van der Waals surface area contributed by atoms with E-state index in [4.69, 9.17) is 11.6 Å². The lowest BCUT2D eigenvalue weighted by Crippen LogP contribution is -2.16. The third kappa shape index (κ3) is 4.28. The summed E-state index contributed by atoms with van der Waals surface area (Å²) in [4.78, 5) is 0. The van der Waals surface area contributed by atoms with Crippen molar-refractivity contribution in [2.45, 2.75) is 12.8 Å². The summed E-state index contributed by atoms with van der Waals surface area (Å²) in [5.41, 5.74) is 0.202. The molecule has 1 aromatic rings. The van der Waals surface area contributed by atoms with E-state index in [1.807, 2.05) is 0 Å². The molecular formula is C10H14ClNO3S. The predicted octanol–water partition coefficient (Wildman–Crippen LogP) is 2.15. The molecule has 0 bridgehead atoms. The zero-order chi connectivity index (χ0) is 12.0. The maximum atomic E-state index is 11.6. The van der Waals surface area contributed by atoms with Gasteiger partial charge in [-0.05, 0) is 25.0 Å². The number of aromatic hydroxyl groups is 1. The SMILES string of the molecule is O=S(=O)(CCCCCl)Nc1ccccc1O. The highest BCUT2D eigenvalue weighted by Crippen LogP contribution is 2.22. The lowest BCUT2D eigenvalue weighted by atomic mass is 10.3. The fraction of sp³-hybridized carbons (Fsp3) is 0.400. The molecule has 0 fully saturated rings. The zero-order valence-corrected chi connectivity index (χ0v) is 10.3. The molecule has 2 N–H and O–H groups in total. The minimum atomic E-state index is -3.40. The molecule has 1 rings (SSSR count). The number of para-hydroxylation sites is 2. The van der Waals surface area contributed by atoms with Gasteiger partial charge in [0.1, 0.15) is 5.75 Å². The van der Waals surface area contributed by atoms with Gasteiger partial charge in [0.05, 0.1) is 11.4 Å². The Labute approximate surface area is 100 Å². The average molecular weight is 264 g/mol. The predicted molar refractivity (Wildman–Crippen MR) is 65.5 cm³/mol. The van der Waals surface area contributed by atoms with E-state index < -0.39 is 10.0 Å². The minimum absolute atomic E-state index is 0.00799. The molecule has 4 nitrogen and oxygen atoms in total. The van der Waals surface area contributed by atoms with Crippen LogP contribution in [0.15, 0.2) is 24.3 Å². The minimum Gasteiger partial charge on any atom is -0.506 e. The molecule has 1 aromatic carbocycles. The van der Waals surface area contributed by atoms with Crippen LogP contribution in [0, 0.1) is 0 Å². The summed E-state index contributed by atoms with van der Waals surface area (Å²) in [7, 11) is -3.40. The Morgan fingerprint density at radius 2 is 1.94 bits per heavy atom. The first-order chi connectivity index (χ1) is 7.55. The Morgan fingerprint density at radius 3 is 2.56 bits per heavy atom. The smallest absolute Gasteiger partial charge is 0.232 e. The van der Waals surface area contributed by atoms with Gasteiger partial charge in [0.2, 0.25) is 10.0 Å². The molecule has 0 radical (unpaired) electrons. The number of phenols is 1. The van der Waals surface area contributed by atoms with E-state index in [1.165, 1.54) is 12.1 Å². The topological polar surface area (TPSA) is 66.4 Å². The fourth-order valence-corrected chi connectivity index (χ4v) is 2.55. The first-order valence-electron chi connectivity index (χ1n) is 4.89. The van der Waals surface area contributed by atoms with Crippen molar-refractivity contribution in [2.75, 3.05) is 16.4 Å². The quantitative estimate of drug-likeness (QED) is 0.470. The Kier molecular flexibility index (Phi) is 4.89. The maximum absolute atomic E-state index is 11.6. The molecule has 0 amide bonds. The third-order valence-electron chi connectivity index (χ3n) is 1.97. The summed E-state index contributed by atoms with van der Waals surface area (Å²) in [6, 6.07) is 6.21. The van der Waals surface area contributed by atoms with Crippen LogP contribution in [0.2, 0.25) is 0 Å². The van der Waals surface area contributed by atoms with Gasteiger partial charge >= 0.3 is 0 Å². The number of hydrogen-bond acceptors (Lipinski definition) is 3. The number of sulfonamides is 1. The van der Waals surface area contributed by atoms with Crippen molar-refractivity contribution in [2.24, 2.45) is 0 Å². The van der Waals surface area contributed by atoms with E-state index in [2.05, 4.69) is 4.72 Å². The number of benzene rings is 1. The summed E-state index contributed by atoms with van der Waals surface area (Å²) in [5, 5.41) is 9.40. The first kappa shape index (κ1) is 13.1. The van der Waals surface area contributed by atoms with Crippen molar-refractivity contribution in [3.8, 4) is 5.75 Å². The van der Waals surface area contributed by atoms with Crippen LogP contribution in [0.3, 0.4) is 0 Å². The fourth-order valence-electron chi connectivity index (χ4n) is 1.17. The Hall–Kier alpha value is -0.940. The molecule has 0 heterocycles. The van der Waals surface area contributed by atoms with Gasteiger partial charge in [0, 0.05) is 5.88 Å². The molecule has 0 saturated heterocycles. The highest BCUT2D eigenvalue weighted by atomic mass is 35.5. The summed E-state index contributed by atoms with van der Waals surface area (Å²) in [5.74, 6) is 0.378. The number of phenolic OH excluding ortho intramolecular Hbond substituents is 1. The summed E-state index contributed by atoms with van der Waals surface area (Å²) < 4.78 is 25.4. The van der Waals surface area contributed by atoms with Crippen molar-refractivity contribution in [1.29, 1.82) is 0 Å². The van der Waals surface area contributed by atoms with Crippen LogP contribution >= 0.6 is 11.6 Å². The van der Waals surface area contributed by atoms with E-state index in [1.54, 1.807) is 12.1 Å². The van der Waals surface area contributed by atoms with Crippen LogP contribution in [0.4, 0.5) is 5.69 Å². The van der Waals surface area contributed by atoms with Gasteiger partial charge in [-0.2, -0.15) is 0 Å². The van der Waals surface area contributed by atoms with E-state index in [9.17, 15) is 13.5 Å². The van der Waals surface area contributed by atoms with Gasteiger partial charge in [0.15, 0.2) is 0 Å². The van der Waals surface area contributed by atoms with Crippen LogP contribution < -0.4 is 4.72 Å². The van der Waals surface area contributed by atoms with Crippen LogP contribution in [-0.2, 0) is 10.0 Å². The van der Waals surface area contributed by atoms with Crippen molar-refractivity contribution < 1.29 is 13.5 Å². The van der Waals surface area contributed by atoms with E-state index in [0.717, 1.165) is 0 Å². The Bertz CT molecular complexity index is 433. The average Bonchev–Trinajstić information content (AvgIpc) is 2.21. The molecule has 0 aromatic heterocycles.